The highest BCUT2D eigenvalue weighted by Gasteiger charge is 2.23. The summed E-state index contributed by atoms with van der Waals surface area (Å²) in [5.74, 6) is 0.789. The third-order valence-electron chi connectivity index (χ3n) is 4.72. The van der Waals surface area contributed by atoms with Gasteiger partial charge in [-0.3, -0.25) is 14.4 Å². The zero-order valence-electron chi connectivity index (χ0n) is 16.3. The van der Waals surface area contributed by atoms with Crippen LogP contribution in [0.5, 0.6) is 5.75 Å². The molecule has 1 aromatic carbocycles. The van der Waals surface area contributed by atoms with Crippen molar-refractivity contribution in [1.29, 1.82) is 0 Å². The molecule has 1 amide bonds. The second-order valence-electron chi connectivity index (χ2n) is 7.08. The number of benzene rings is 1. The fraction of sp³-hybridized carbons (Fsp3) is 0.500. The fourth-order valence-electron chi connectivity index (χ4n) is 3.25. The van der Waals surface area contributed by atoms with E-state index < -0.39 is 6.10 Å². The Kier molecular flexibility index (Phi) is 6.13. The Labute approximate surface area is 160 Å². The topological polar surface area (TPSA) is 70.8 Å². The maximum atomic E-state index is 11.8. The van der Waals surface area contributed by atoms with Crippen LogP contribution in [0.25, 0.3) is 0 Å². The van der Waals surface area contributed by atoms with E-state index in [2.05, 4.69) is 22.1 Å². The summed E-state index contributed by atoms with van der Waals surface area (Å²) in [6.07, 6.45) is -0.813. The molecule has 146 valence electrons. The minimum absolute atomic E-state index is 0.0530. The van der Waals surface area contributed by atoms with E-state index in [-0.39, 0.29) is 12.3 Å². The van der Waals surface area contributed by atoms with Crippen LogP contribution in [-0.2, 0) is 24.4 Å². The van der Waals surface area contributed by atoms with Gasteiger partial charge in [0.05, 0.1) is 31.0 Å². The third kappa shape index (κ3) is 4.87. The largest absolute Gasteiger partial charge is 0.494 e. The highest BCUT2D eigenvalue weighted by Crippen LogP contribution is 2.22. The van der Waals surface area contributed by atoms with Gasteiger partial charge in [-0.1, -0.05) is 12.1 Å². The Morgan fingerprint density at radius 1 is 1.33 bits per heavy atom. The molecule has 0 bridgehead atoms. The van der Waals surface area contributed by atoms with Gasteiger partial charge in [-0.25, -0.2) is 0 Å². The SMILES string of the molecule is CCOc1cccc(CN2CCn3nc([C@@H](O)CC(=O)N(C)C)cc3C2)c1. The molecule has 7 nitrogen and oxygen atoms in total. The van der Waals surface area contributed by atoms with E-state index in [0.29, 0.717) is 12.3 Å². The molecule has 2 aromatic rings. The van der Waals surface area contributed by atoms with Gasteiger partial charge in [-0.15, -0.1) is 0 Å². The van der Waals surface area contributed by atoms with Crippen molar-refractivity contribution in [3.05, 3.63) is 47.3 Å². The summed E-state index contributed by atoms with van der Waals surface area (Å²) in [6, 6.07) is 10.1. The second kappa shape index (κ2) is 8.54. The maximum Gasteiger partial charge on any atom is 0.225 e. The second-order valence-corrected chi connectivity index (χ2v) is 7.08. The van der Waals surface area contributed by atoms with Gasteiger partial charge < -0.3 is 14.7 Å². The number of aliphatic hydroxyl groups excluding tert-OH is 1. The van der Waals surface area contributed by atoms with Crippen molar-refractivity contribution in [1.82, 2.24) is 19.6 Å². The number of carbonyl (C=O) groups excluding carboxylic acids is 1. The van der Waals surface area contributed by atoms with E-state index in [9.17, 15) is 9.90 Å². The van der Waals surface area contributed by atoms with Crippen LogP contribution in [0.15, 0.2) is 30.3 Å². The molecule has 1 aromatic heterocycles. The number of amides is 1. The van der Waals surface area contributed by atoms with E-state index in [0.717, 1.165) is 37.6 Å². The lowest BCUT2D eigenvalue weighted by Gasteiger charge is -2.27. The van der Waals surface area contributed by atoms with Gasteiger partial charge in [-0.05, 0) is 30.7 Å². The van der Waals surface area contributed by atoms with Gasteiger partial charge in [-0.2, -0.15) is 5.10 Å². The Hall–Kier alpha value is -2.38. The molecule has 0 saturated heterocycles. The first-order valence-electron chi connectivity index (χ1n) is 9.35. The number of hydrogen-bond acceptors (Lipinski definition) is 5. The molecule has 0 spiro atoms. The minimum atomic E-state index is -0.866. The maximum absolute atomic E-state index is 11.8. The summed E-state index contributed by atoms with van der Waals surface area (Å²) < 4.78 is 7.51. The number of aromatic nitrogens is 2. The van der Waals surface area contributed by atoms with E-state index in [1.54, 1.807) is 14.1 Å². The van der Waals surface area contributed by atoms with Crippen LogP contribution in [0.4, 0.5) is 0 Å². The molecular formula is C20H28N4O3. The number of ether oxygens (including phenoxy) is 1. The van der Waals surface area contributed by atoms with Crippen molar-refractivity contribution < 1.29 is 14.6 Å². The molecule has 0 radical (unpaired) electrons. The Morgan fingerprint density at radius 2 is 2.15 bits per heavy atom. The third-order valence-corrected chi connectivity index (χ3v) is 4.72. The minimum Gasteiger partial charge on any atom is -0.494 e. The summed E-state index contributed by atoms with van der Waals surface area (Å²) in [4.78, 5) is 15.6. The van der Waals surface area contributed by atoms with Crippen LogP contribution in [0.2, 0.25) is 0 Å². The van der Waals surface area contributed by atoms with Crippen LogP contribution in [0.3, 0.4) is 0 Å². The summed E-state index contributed by atoms with van der Waals surface area (Å²) in [5, 5.41) is 14.8. The van der Waals surface area contributed by atoms with Gasteiger partial charge in [0.1, 0.15) is 11.9 Å². The molecule has 0 fully saturated rings. The molecule has 0 unspecified atom stereocenters. The Bertz CT molecular complexity index is 787. The van der Waals surface area contributed by atoms with Crippen molar-refractivity contribution in [2.45, 2.75) is 39.1 Å². The number of rotatable bonds is 7. The molecule has 1 N–H and O–H groups in total. The van der Waals surface area contributed by atoms with Crippen molar-refractivity contribution in [2.75, 3.05) is 27.2 Å². The number of aliphatic hydroxyl groups is 1. The van der Waals surface area contributed by atoms with Gasteiger partial charge in [0.15, 0.2) is 0 Å². The molecule has 1 atom stereocenters. The first kappa shape index (κ1) is 19.4. The molecule has 2 heterocycles. The lowest BCUT2D eigenvalue weighted by Crippen LogP contribution is -2.33. The van der Waals surface area contributed by atoms with Gasteiger partial charge >= 0.3 is 0 Å². The molecule has 3 rings (SSSR count). The highest BCUT2D eigenvalue weighted by atomic mass is 16.5. The fourth-order valence-corrected chi connectivity index (χ4v) is 3.25. The molecule has 0 saturated carbocycles. The lowest BCUT2D eigenvalue weighted by atomic mass is 10.1. The molecule has 0 aliphatic carbocycles. The normalized spacial score (nSPS) is 15.3. The molecular weight excluding hydrogens is 344 g/mol. The standard InChI is InChI=1S/C20H28N4O3/c1-4-27-17-7-5-6-15(10-17)13-23-8-9-24-16(14-23)11-18(21-24)19(25)12-20(26)22(2)3/h5-7,10-11,19,25H,4,8-9,12-14H2,1-3H3/t19-/m0/s1. The number of hydrogen-bond donors (Lipinski definition) is 1. The predicted octanol–water partition coefficient (Wildman–Crippen LogP) is 1.81. The summed E-state index contributed by atoms with van der Waals surface area (Å²) >= 11 is 0. The lowest BCUT2D eigenvalue weighted by molar-refractivity contribution is -0.130. The average molecular weight is 372 g/mol. The first-order chi connectivity index (χ1) is 13.0. The summed E-state index contributed by atoms with van der Waals surface area (Å²) in [5.41, 5.74) is 2.85. The molecule has 7 heteroatoms. The van der Waals surface area contributed by atoms with Gasteiger partial charge in [0, 0.05) is 33.7 Å². The predicted molar refractivity (Wildman–Crippen MR) is 102 cm³/mol. The monoisotopic (exact) mass is 372 g/mol. The zero-order chi connectivity index (χ0) is 19.4. The smallest absolute Gasteiger partial charge is 0.225 e. The highest BCUT2D eigenvalue weighted by molar-refractivity contribution is 5.76. The van der Waals surface area contributed by atoms with Crippen LogP contribution < -0.4 is 4.74 Å². The van der Waals surface area contributed by atoms with Crippen molar-refractivity contribution >= 4 is 5.91 Å². The van der Waals surface area contributed by atoms with Gasteiger partial charge in [0.25, 0.3) is 0 Å². The number of fused-ring (bicyclic) bond motifs is 1. The van der Waals surface area contributed by atoms with E-state index >= 15 is 0 Å². The van der Waals surface area contributed by atoms with Crippen LogP contribution in [-0.4, -0.2) is 57.8 Å². The van der Waals surface area contributed by atoms with Crippen molar-refractivity contribution in [3.63, 3.8) is 0 Å². The number of nitrogens with zero attached hydrogens (tertiary/aromatic N) is 4. The number of carbonyl (C=O) groups is 1. The van der Waals surface area contributed by atoms with Crippen molar-refractivity contribution in [2.24, 2.45) is 0 Å². The Balaban J connectivity index is 1.64. The Morgan fingerprint density at radius 3 is 2.89 bits per heavy atom. The average Bonchev–Trinajstić information content (AvgIpc) is 3.05. The van der Waals surface area contributed by atoms with Gasteiger partial charge in [0.2, 0.25) is 5.91 Å². The molecule has 27 heavy (non-hydrogen) atoms. The van der Waals surface area contributed by atoms with Crippen molar-refractivity contribution in [3.8, 4) is 5.75 Å². The summed E-state index contributed by atoms with van der Waals surface area (Å²) in [7, 11) is 3.37. The van der Waals surface area contributed by atoms with E-state index in [1.807, 2.05) is 29.8 Å². The van der Waals surface area contributed by atoms with E-state index in [4.69, 9.17) is 4.74 Å². The molecule has 1 aliphatic heterocycles. The zero-order valence-corrected chi connectivity index (χ0v) is 16.3. The van der Waals surface area contributed by atoms with E-state index in [1.165, 1.54) is 10.5 Å². The summed E-state index contributed by atoms with van der Waals surface area (Å²) in [6.45, 7) is 5.90. The van der Waals surface area contributed by atoms with Crippen LogP contribution >= 0.6 is 0 Å². The van der Waals surface area contributed by atoms with Crippen LogP contribution in [0.1, 0.15) is 36.4 Å². The van der Waals surface area contributed by atoms with Crippen LogP contribution in [0, 0.1) is 0 Å². The first-order valence-corrected chi connectivity index (χ1v) is 9.35. The quantitative estimate of drug-likeness (QED) is 0.803. The molecule has 1 aliphatic rings.